The number of fused-ring (bicyclic) bond motifs is 1. The van der Waals surface area contributed by atoms with Gasteiger partial charge >= 0.3 is 0 Å². The van der Waals surface area contributed by atoms with Gasteiger partial charge in [0.05, 0.1) is 5.69 Å². The highest BCUT2D eigenvalue weighted by Crippen LogP contribution is 2.29. The maximum absolute atomic E-state index is 5.75. The lowest BCUT2D eigenvalue weighted by molar-refractivity contribution is 0.858. The fourth-order valence-corrected chi connectivity index (χ4v) is 2.65. The molecular weight excluding hydrogens is 290 g/mol. The molecule has 0 radical (unpaired) electrons. The van der Waals surface area contributed by atoms with Crippen LogP contribution in [0.4, 0.5) is 5.82 Å². The smallest absolute Gasteiger partial charge is 0.146 e. The highest BCUT2D eigenvalue weighted by atomic mass is 79.9. The summed E-state index contributed by atoms with van der Waals surface area (Å²) in [5.41, 5.74) is 7.82. The normalized spacial score (nSPS) is 11.0. The molecule has 0 bridgehead atoms. The van der Waals surface area contributed by atoms with Crippen LogP contribution in [0.25, 0.3) is 16.5 Å². The average molecular weight is 302 g/mol. The molecule has 0 saturated carbocycles. The molecule has 0 atom stereocenters. The van der Waals surface area contributed by atoms with Gasteiger partial charge in [-0.05, 0) is 24.4 Å². The summed E-state index contributed by atoms with van der Waals surface area (Å²) in [4.78, 5) is 0. The van der Waals surface area contributed by atoms with E-state index in [-0.39, 0.29) is 0 Å². The zero-order valence-electron chi connectivity index (χ0n) is 9.89. The van der Waals surface area contributed by atoms with Crippen LogP contribution >= 0.6 is 15.9 Å². The van der Waals surface area contributed by atoms with Gasteiger partial charge in [0.25, 0.3) is 0 Å². The van der Waals surface area contributed by atoms with Gasteiger partial charge in [-0.15, -0.1) is 0 Å². The van der Waals surface area contributed by atoms with Gasteiger partial charge in [0.1, 0.15) is 5.82 Å². The summed E-state index contributed by atoms with van der Waals surface area (Å²) in [7, 11) is 0. The zero-order chi connectivity index (χ0) is 12.7. The first-order valence-electron chi connectivity index (χ1n) is 5.66. The highest BCUT2D eigenvalue weighted by Gasteiger charge is 2.09. The molecule has 3 aromatic rings. The summed E-state index contributed by atoms with van der Waals surface area (Å²) in [5, 5.41) is 6.66. The van der Waals surface area contributed by atoms with Crippen molar-refractivity contribution in [1.82, 2.24) is 9.78 Å². The molecule has 1 heterocycles. The predicted molar refractivity (Wildman–Crippen MR) is 77.9 cm³/mol. The summed E-state index contributed by atoms with van der Waals surface area (Å²) in [6.07, 6.45) is 0. The molecular formula is C14H12BrN3. The van der Waals surface area contributed by atoms with Crippen LogP contribution in [0.5, 0.6) is 0 Å². The van der Waals surface area contributed by atoms with Crippen LogP contribution in [0.2, 0.25) is 0 Å². The number of nitrogen functional groups attached to an aromatic ring is 1. The number of rotatable bonds is 1. The van der Waals surface area contributed by atoms with E-state index in [1.54, 1.807) is 0 Å². The highest BCUT2D eigenvalue weighted by molar-refractivity contribution is 9.10. The Bertz CT molecular complexity index is 731. The quantitative estimate of drug-likeness (QED) is 0.745. The molecule has 0 unspecified atom stereocenters. The van der Waals surface area contributed by atoms with E-state index >= 15 is 0 Å². The van der Waals surface area contributed by atoms with Crippen LogP contribution in [0.1, 0.15) is 5.69 Å². The molecule has 0 saturated heterocycles. The van der Waals surface area contributed by atoms with Crippen LogP contribution in [0.3, 0.4) is 0 Å². The molecule has 1 aromatic heterocycles. The van der Waals surface area contributed by atoms with Gasteiger partial charge in [-0.1, -0.05) is 40.2 Å². The SMILES string of the molecule is Cc1cc(N)nn1-c1ccc(Br)c2ccccc12. The third kappa shape index (κ3) is 1.69. The van der Waals surface area contributed by atoms with Crippen LogP contribution in [-0.2, 0) is 0 Å². The van der Waals surface area contributed by atoms with Gasteiger partial charge in [-0.2, -0.15) is 5.10 Å². The van der Waals surface area contributed by atoms with Crippen molar-refractivity contribution in [3.05, 3.63) is 52.6 Å². The number of nitrogens with two attached hydrogens (primary N) is 1. The van der Waals surface area contributed by atoms with Gasteiger partial charge in [-0.3, -0.25) is 0 Å². The average Bonchev–Trinajstić information content (AvgIpc) is 2.69. The van der Waals surface area contributed by atoms with Crippen LogP contribution in [0, 0.1) is 6.92 Å². The van der Waals surface area contributed by atoms with E-state index in [0.29, 0.717) is 5.82 Å². The lowest BCUT2D eigenvalue weighted by Gasteiger charge is -2.09. The maximum atomic E-state index is 5.75. The van der Waals surface area contributed by atoms with Gasteiger partial charge < -0.3 is 5.73 Å². The van der Waals surface area contributed by atoms with E-state index in [0.717, 1.165) is 21.2 Å². The van der Waals surface area contributed by atoms with Gasteiger partial charge in [0.15, 0.2) is 0 Å². The third-order valence-corrected chi connectivity index (χ3v) is 3.67. The number of anilines is 1. The Balaban J connectivity index is 2.37. The minimum Gasteiger partial charge on any atom is -0.382 e. The van der Waals surface area contributed by atoms with Crippen molar-refractivity contribution in [1.29, 1.82) is 0 Å². The van der Waals surface area contributed by atoms with E-state index < -0.39 is 0 Å². The minimum atomic E-state index is 0.541. The Morgan fingerprint density at radius 3 is 2.50 bits per heavy atom. The van der Waals surface area contributed by atoms with Crippen molar-refractivity contribution in [2.45, 2.75) is 6.92 Å². The molecule has 90 valence electrons. The first-order valence-corrected chi connectivity index (χ1v) is 6.46. The molecule has 18 heavy (non-hydrogen) atoms. The van der Waals surface area contributed by atoms with E-state index in [2.05, 4.69) is 33.2 Å². The predicted octanol–water partition coefficient (Wildman–Crippen LogP) is 3.68. The molecule has 2 N–H and O–H groups in total. The van der Waals surface area contributed by atoms with Crippen molar-refractivity contribution in [3.63, 3.8) is 0 Å². The maximum Gasteiger partial charge on any atom is 0.146 e. The molecule has 3 nitrogen and oxygen atoms in total. The molecule has 0 spiro atoms. The van der Waals surface area contributed by atoms with E-state index in [4.69, 9.17) is 5.73 Å². The Morgan fingerprint density at radius 2 is 1.83 bits per heavy atom. The summed E-state index contributed by atoms with van der Waals surface area (Å²) in [5.74, 6) is 0.541. The van der Waals surface area contributed by atoms with E-state index in [1.165, 1.54) is 5.39 Å². The van der Waals surface area contributed by atoms with Crippen LogP contribution in [0.15, 0.2) is 46.9 Å². The molecule has 3 rings (SSSR count). The van der Waals surface area contributed by atoms with E-state index in [1.807, 2.05) is 41.9 Å². The summed E-state index contributed by atoms with van der Waals surface area (Å²) in [6.45, 7) is 2.00. The number of benzene rings is 2. The number of hydrogen-bond acceptors (Lipinski definition) is 2. The van der Waals surface area contributed by atoms with Crippen LogP contribution in [-0.4, -0.2) is 9.78 Å². The molecule has 4 heteroatoms. The van der Waals surface area contributed by atoms with E-state index in [9.17, 15) is 0 Å². The molecule has 0 aliphatic carbocycles. The Kier molecular flexibility index (Phi) is 2.59. The topological polar surface area (TPSA) is 43.8 Å². The van der Waals surface area contributed by atoms with Gasteiger partial charge in [0.2, 0.25) is 0 Å². The third-order valence-electron chi connectivity index (χ3n) is 2.98. The van der Waals surface area contributed by atoms with Gasteiger partial charge in [-0.25, -0.2) is 4.68 Å². The lowest BCUT2D eigenvalue weighted by Crippen LogP contribution is -2.00. The first-order chi connectivity index (χ1) is 8.66. The molecule has 0 fully saturated rings. The number of hydrogen-bond donors (Lipinski definition) is 1. The molecule has 0 amide bonds. The second kappa shape index (κ2) is 4.14. The number of nitrogens with zero attached hydrogens (tertiary/aromatic N) is 2. The first kappa shape index (κ1) is 11.3. The fraction of sp³-hybridized carbons (Fsp3) is 0.0714. The van der Waals surface area contributed by atoms with Crippen molar-refractivity contribution >= 4 is 32.5 Å². The molecule has 0 aliphatic heterocycles. The van der Waals surface area contributed by atoms with Crippen molar-refractivity contribution in [2.24, 2.45) is 0 Å². The zero-order valence-corrected chi connectivity index (χ0v) is 11.5. The largest absolute Gasteiger partial charge is 0.382 e. The monoisotopic (exact) mass is 301 g/mol. The summed E-state index contributed by atoms with van der Waals surface area (Å²) < 4.78 is 2.96. The van der Waals surface area contributed by atoms with Crippen LogP contribution < -0.4 is 5.73 Å². The molecule has 0 aliphatic rings. The number of aryl methyl sites for hydroxylation is 1. The second-order valence-corrected chi connectivity index (χ2v) is 5.09. The van der Waals surface area contributed by atoms with Crippen molar-refractivity contribution in [2.75, 3.05) is 5.73 Å². The summed E-state index contributed by atoms with van der Waals surface area (Å²) >= 11 is 3.57. The standard InChI is InChI=1S/C14H12BrN3/c1-9-8-14(16)17-18(9)13-7-6-12(15)10-4-2-3-5-11(10)13/h2-8H,1H3,(H2,16,17). The summed E-state index contributed by atoms with van der Waals surface area (Å²) in [6, 6.07) is 14.2. The Morgan fingerprint density at radius 1 is 1.11 bits per heavy atom. The van der Waals surface area contributed by atoms with Gasteiger partial charge in [0, 0.05) is 21.6 Å². The fourth-order valence-electron chi connectivity index (χ4n) is 2.17. The Hall–Kier alpha value is -1.81. The number of aromatic nitrogens is 2. The lowest BCUT2D eigenvalue weighted by atomic mass is 10.1. The number of halogens is 1. The van der Waals surface area contributed by atoms with Crippen molar-refractivity contribution < 1.29 is 0 Å². The molecule has 2 aromatic carbocycles. The second-order valence-electron chi connectivity index (χ2n) is 4.23. The minimum absolute atomic E-state index is 0.541. The Labute approximate surface area is 113 Å². The van der Waals surface area contributed by atoms with Crippen molar-refractivity contribution in [3.8, 4) is 5.69 Å².